The molecule has 121 heavy (non-hydrogen) atoms. The molecule has 0 radical (unpaired) electrons. The maximum Gasteiger partial charge on any atom is 0.246 e. The number of aliphatic hydroxyl groups is 4. The Hall–Kier alpha value is -12.4. The molecule has 7 aliphatic rings. The molecule has 3 fully saturated rings. The number of phenols is 1. The summed E-state index contributed by atoms with van der Waals surface area (Å²) in [6.07, 6.45) is -8.03. The molecular weight excluding hydrogens is 1570 g/mol. The smallest absolute Gasteiger partial charge is 0.246 e. The van der Waals surface area contributed by atoms with Crippen molar-refractivity contribution in [2.75, 3.05) is 63.1 Å². The van der Waals surface area contributed by atoms with Gasteiger partial charge in [0.05, 0.1) is 20.8 Å². The molecule has 0 saturated carbocycles. The number of hydrogen-bond donors (Lipinski definition) is 11. The number of nitrogens with one attached hydrogen (secondary N) is 6. The molecule has 6 aromatic carbocycles. The van der Waals surface area contributed by atoms with Gasteiger partial charge in [0.25, 0.3) is 0 Å². The van der Waals surface area contributed by atoms with Gasteiger partial charge in [-0.3, -0.25) is 57.5 Å². The maximum absolute atomic E-state index is 14.9. The predicted molar refractivity (Wildman–Crippen MR) is 435 cm³/mol. The SMILES string of the molecule is COc1ccc(C[C@H]2C(=O)N[C@@H](C)C(=O)N(C)C3Cc4ccc(cc4)Oc4cc(ccc4O)C[C@@H](C(=O)N[C@H](C)C(=O)N[C@@H](C)C(=O)N2C)N(C)C3=O)cc1.COc1ccc(C[C@H]2C(=O)N[C@@H](C)C(=O)N(C)C3Cc4ccc(cc4)Oc4cc(ccc4O[C@@H]4OC(CO)[C@@H](O)[C@H](O)C4O)C[C@@H](C(=O)N[C@H](C)C(=O)N[C@@H](C)C(=O)N2C)N(C)C3=O)cc1. The van der Waals surface area contributed by atoms with Gasteiger partial charge in [0.15, 0.2) is 23.0 Å². The third kappa shape index (κ3) is 21.6. The summed E-state index contributed by atoms with van der Waals surface area (Å²) >= 11 is 0. The second kappa shape index (κ2) is 39.6. The van der Waals surface area contributed by atoms with Crippen molar-refractivity contribution in [3.05, 3.63) is 167 Å². The molecule has 13 rings (SSSR count). The van der Waals surface area contributed by atoms with E-state index in [2.05, 4.69) is 31.9 Å². The van der Waals surface area contributed by atoms with Crippen molar-refractivity contribution in [2.24, 2.45) is 0 Å². The lowest BCUT2D eigenvalue weighted by molar-refractivity contribution is -0.277. The highest BCUT2D eigenvalue weighted by Crippen LogP contribution is 2.38. The Bertz CT molecular complexity index is 4790. The third-order valence-corrected chi connectivity index (χ3v) is 22.4. The number of hydrogen-bond acceptors (Lipinski definition) is 23. The molecule has 12 bridgehead atoms. The van der Waals surface area contributed by atoms with E-state index in [0.717, 1.165) is 0 Å². The Balaban J connectivity index is 0.000000258. The number of ether oxygens (including phenoxy) is 6. The molecule has 7 aliphatic heterocycles. The second-order valence-corrected chi connectivity index (χ2v) is 31.0. The summed E-state index contributed by atoms with van der Waals surface area (Å²) in [6.45, 7) is 8.04. The van der Waals surface area contributed by atoms with Crippen molar-refractivity contribution in [3.63, 3.8) is 0 Å². The summed E-state index contributed by atoms with van der Waals surface area (Å²) in [7, 11) is 11.6. The van der Waals surface area contributed by atoms with Gasteiger partial charge in [-0.05, 0) is 148 Å². The maximum atomic E-state index is 14.9. The van der Waals surface area contributed by atoms with Crippen LogP contribution in [0.3, 0.4) is 0 Å². The normalized spacial score (nSPS) is 27.3. The topological polar surface area (TPSA) is 453 Å². The van der Waals surface area contributed by atoms with Gasteiger partial charge in [0.2, 0.25) is 77.2 Å². The van der Waals surface area contributed by atoms with Crippen LogP contribution in [0.4, 0.5) is 0 Å². The number of benzene rings is 6. The molecule has 0 aromatic heterocycles. The predicted octanol–water partition coefficient (Wildman–Crippen LogP) is 0.559. The van der Waals surface area contributed by atoms with Crippen LogP contribution >= 0.6 is 0 Å². The van der Waals surface area contributed by atoms with Gasteiger partial charge in [0.1, 0.15) is 120 Å². The lowest BCUT2D eigenvalue weighted by Gasteiger charge is -2.39. The van der Waals surface area contributed by atoms with Gasteiger partial charge < -0.3 is 115 Å². The summed E-state index contributed by atoms with van der Waals surface area (Å²) in [5.74, 6) is -5.79. The van der Waals surface area contributed by atoms with Crippen molar-refractivity contribution in [1.29, 1.82) is 0 Å². The number of nitrogens with zero attached hydrogens (tertiary/aromatic N) is 6. The van der Waals surface area contributed by atoms with Crippen LogP contribution in [0.15, 0.2) is 133 Å². The van der Waals surface area contributed by atoms with Gasteiger partial charge in [-0.2, -0.15) is 0 Å². The number of fused-ring (bicyclic) bond motifs is 4. The van der Waals surface area contributed by atoms with Gasteiger partial charge in [-0.25, -0.2) is 0 Å². The largest absolute Gasteiger partial charge is 0.504 e. The van der Waals surface area contributed by atoms with Crippen LogP contribution in [0, 0.1) is 0 Å². The Kier molecular flexibility index (Phi) is 29.8. The van der Waals surface area contributed by atoms with Crippen molar-refractivity contribution < 1.29 is 111 Å². The Labute approximate surface area is 699 Å². The van der Waals surface area contributed by atoms with Crippen molar-refractivity contribution in [3.8, 4) is 46.0 Å². The molecule has 35 nitrogen and oxygen atoms in total. The molecule has 6 aromatic rings. The Morgan fingerprint density at radius 3 is 1.11 bits per heavy atom. The zero-order valence-corrected chi connectivity index (χ0v) is 69.7. The first-order chi connectivity index (χ1) is 57.4. The number of carbonyl (C=O) groups excluding carboxylic acids is 12. The zero-order chi connectivity index (χ0) is 88.3. The first-order valence-electron chi connectivity index (χ1n) is 39.5. The number of carbonyl (C=O) groups is 12. The molecule has 11 N–H and O–H groups in total. The summed E-state index contributed by atoms with van der Waals surface area (Å²) in [5.41, 5.74) is 3.57. The van der Waals surface area contributed by atoms with Crippen LogP contribution in [0.5, 0.6) is 46.0 Å². The molecule has 648 valence electrons. The van der Waals surface area contributed by atoms with E-state index in [0.29, 0.717) is 56.4 Å². The molecule has 0 spiro atoms. The van der Waals surface area contributed by atoms with Crippen LogP contribution in [-0.4, -0.2) is 292 Å². The minimum absolute atomic E-state index is 0.00547. The molecular formula is C86H106N12O23. The molecule has 7 heterocycles. The van der Waals surface area contributed by atoms with E-state index in [1.54, 1.807) is 115 Å². The van der Waals surface area contributed by atoms with Crippen LogP contribution in [-0.2, 0) is 101 Å². The minimum atomic E-state index is -1.73. The number of aliphatic hydroxyl groups excluding tert-OH is 4. The first kappa shape index (κ1) is 90.9. The van der Waals surface area contributed by atoms with Gasteiger partial charge in [-0.15, -0.1) is 0 Å². The fourth-order valence-corrected chi connectivity index (χ4v) is 14.7. The Morgan fingerprint density at radius 2 is 0.711 bits per heavy atom. The number of methoxy groups -OCH3 is 2. The highest BCUT2D eigenvalue weighted by atomic mass is 16.7. The quantitative estimate of drug-likeness (QED) is 0.0942. The number of likely N-dealkylation sites (N-methyl/N-ethyl adjacent to an activating group) is 6. The highest BCUT2D eigenvalue weighted by molar-refractivity contribution is 6.00. The van der Waals surface area contributed by atoms with Crippen molar-refractivity contribution in [2.45, 2.75) is 183 Å². The average molecular weight is 1680 g/mol. The molecule has 35 heteroatoms. The number of rotatable bonds is 9. The molecule has 3 saturated heterocycles. The fraction of sp³-hybridized carbons (Fsp3) is 0.442. The van der Waals surface area contributed by atoms with Gasteiger partial charge in [-0.1, -0.05) is 60.7 Å². The van der Waals surface area contributed by atoms with E-state index in [1.165, 1.54) is 146 Å². The lowest BCUT2D eigenvalue weighted by Crippen LogP contribution is -2.61. The molecule has 4 unspecified atom stereocenters. The third-order valence-electron chi connectivity index (χ3n) is 22.4. The van der Waals surface area contributed by atoms with E-state index in [-0.39, 0.29) is 61.5 Å². The van der Waals surface area contributed by atoms with E-state index in [1.807, 2.05) is 0 Å². The van der Waals surface area contributed by atoms with E-state index in [9.17, 15) is 83.1 Å². The molecule has 17 atom stereocenters. The average Bonchev–Trinajstić information content (AvgIpc) is 0.797. The summed E-state index contributed by atoms with van der Waals surface area (Å²) in [4.78, 5) is 177. The van der Waals surface area contributed by atoms with Crippen LogP contribution < -0.4 is 55.6 Å². The van der Waals surface area contributed by atoms with Gasteiger partial charge in [0, 0.05) is 80.8 Å². The minimum Gasteiger partial charge on any atom is -0.504 e. The molecule has 0 aliphatic carbocycles. The fourth-order valence-electron chi connectivity index (χ4n) is 14.7. The zero-order valence-electron chi connectivity index (χ0n) is 69.7. The van der Waals surface area contributed by atoms with Gasteiger partial charge >= 0.3 is 0 Å². The van der Waals surface area contributed by atoms with Crippen LogP contribution in [0.2, 0.25) is 0 Å². The lowest BCUT2D eigenvalue weighted by atomic mass is 9.98. The van der Waals surface area contributed by atoms with Crippen molar-refractivity contribution >= 4 is 70.9 Å². The first-order valence-corrected chi connectivity index (χ1v) is 39.5. The second-order valence-electron chi connectivity index (χ2n) is 31.0. The number of phenolic OH excluding ortho intramolecular Hbond substituents is 1. The monoisotopic (exact) mass is 1670 g/mol. The number of aromatic hydroxyl groups is 1. The summed E-state index contributed by atoms with van der Waals surface area (Å²) in [5, 5.41) is 67.8. The highest BCUT2D eigenvalue weighted by Gasteiger charge is 2.47. The van der Waals surface area contributed by atoms with Crippen LogP contribution in [0.25, 0.3) is 0 Å². The van der Waals surface area contributed by atoms with E-state index in [4.69, 9.17) is 28.4 Å². The van der Waals surface area contributed by atoms with Crippen LogP contribution in [0.1, 0.15) is 74.9 Å². The van der Waals surface area contributed by atoms with E-state index < -0.39 is 181 Å². The summed E-state index contributed by atoms with van der Waals surface area (Å²) < 4.78 is 34.3. The summed E-state index contributed by atoms with van der Waals surface area (Å²) in [6, 6.07) is 22.2. The van der Waals surface area contributed by atoms with Crippen molar-refractivity contribution in [1.82, 2.24) is 61.3 Å². The van der Waals surface area contributed by atoms with E-state index >= 15 is 0 Å². The standard InChI is InChI=1S/C46H58N6O14.C40H48N6O9/c1-23-40(57)48-24(2)43(60)50(4)31(18-26-8-13-29(63-7)14-9-26)42(59)49-25(3)44(61)52(6)33-19-27-10-15-30(16-11-27)64-35-21-28(20-32(41(58)47-23)51(5)45(33)62)12-17-34(35)65-46-39(56)38(55)37(54)36(22-53)66-46;1-22-35(48)42-23(2)38(51)44(4)30(18-25-8-13-28(54-7)14-9-25)37(50)43-24(3)39(52)46(6)32-19-26-10-15-29(16-11-26)55-34-21-27(12-17-33(34)47)20-31(36(49)41-22)45(5)40(32)53/h8-17,21,23-25,31-33,36-39,46,53-56H,18-20,22H2,1-7H3,(H,47,58)(H,48,57)(H,49,59);8-17,21-24,30-32,47H,18-20H2,1-7H3,(H,41,49)(H,42,48)(H,43,50)/t23-,24+,25+,31+,32+,33?,36?,37-,38+,39?,46-;22-,23+,24+,30+,31+,32?/m11/s1. The number of amides is 12. The molecule has 12 amide bonds. The Morgan fingerprint density at radius 1 is 0.372 bits per heavy atom.